The summed E-state index contributed by atoms with van der Waals surface area (Å²) in [6.07, 6.45) is 0.652. The molecule has 0 aliphatic carbocycles. The minimum atomic E-state index is -0.662. The van der Waals surface area contributed by atoms with Gasteiger partial charge in [0.15, 0.2) is 0 Å². The van der Waals surface area contributed by atoms with Gasteiger partial charge in [0.25, 0.3) is 0 Å². The molecular weight excluding hydrogens is 234 g/mol. The maximum absolute atomic E-state index is 10.8. The molecule has 0 unspecified atom stereocenters. The van der Waals surface area contributed by atoms with Gasteiger partial charge < -0.3 is 4.74 Å². The number of amides is 1. The van der Waals surface area contributed by atoms with Crippen LogP contribution in [0.3, 0.4) is 0 Å². The number of ether oxygens (including phenoxy) is 1. The van der Waals surface area contributed by atoms with Crippen molar-refractivity contribution in [2.75, 3.05) is 6.61 Å². The highest BCUT2D eigenvalue weighted by atomic mass is 32.1. The van der Waals surface area contributed by atoms with Crippen LogP contribution in [0.15, 0.2) is 17.2 Å². The maximum Gasteiger partial charge on any atom is 0.427 e. The van der Waals surface area contributed by atoms with E-state index in [1.54, 1.807) is 13.0 Å². The predicted octanol–water partition coefficient (Wildman–Crippen LogP) is 1.74. The van der Waals surface area contributed by atoms with E-state index in [4.69, 9.17) is 0 Å². The molecule has 1 aromatic heterocycles. The van der Waals surface area contributed by atoms with Gasteiger partial charge >= 0.3 is 11.1 Å². The highest BCUT2D eigenvalue weighted by molar-refractivity contribution is 7.16. The summed E-state index contributed by atoms with van der Waals surface area (Å²) in [5, 5.41) is 14.0. The van der Waals surface area contributed by atoms with Crippen LogP contribution < -0.4 is 5.43 Å². The molecule has 0 aliphatic heterocycles. The molecule has 1 heterocycles. The van der Waals surface area contributed by atoms with Crippen molar-refractivity contribution < 1.29 is 14.5 Å². The van der Waals surface area contributed by atoms with Gasteiger partial charge in [-0.3, -0.25) is 10.1 Å². The Hall–Kier alpha value is -1.96. The fourth-order valence-electron chi connectivity index (χ4n) is 0.822. The van der Waals surface area contributed by atoms with Crippen LogP contribution in [0.1, 0.15) is 11.8 Å². The number of rotatable bonds is 4. The van der Waals surface area contributed by atoms with Gasteiger partial charge in [0, 0.05) is 6.07 Å². The predicted molar refractivity (Wildman–Crippen MR) is 58.7 cm³/mol. The molecular formula is C8H9N3O4S. The molecule has 0 aromatic carbocycles. The van der Waals surface area contributed by atoms with Crippen LogP contribution in [0.4, 0.5) is 9.80 Å². The van der Waals surface area contributed by atoms with E-state index >= 15 is 0 Å². The van der Waals surface area contributed by atoms with E-state index in [1.807, 2.05) is 0 Å². The topological polar surface area (TPSA) is 93.8 Å². The van der Waals surface area contributed by atoms with Crippen LogP contribution in [0, 0.1) is 10.1 Å². The molecule has 0 saturated heterocycles. The molecule has 0 spiro atoms. The molecule has 8 heteroatoms. The number of carbonyl (C=O) groups excluding carboxylic acids is 1. The summed E-state index contributed by atoms with van der Waals surface area (Å²) in [6, 6.07) is 2.91. The van der Waals surface area contributed by atoms with Crippen molar-refractivity contribution in [3.05, 3.63) is 27.1 Å². The molecule has 0 bridgehead atoms. The highest BCUT2D eigenvalue weighted by Crippen LogP contribution is 2.22. The second-order valence-electron chi connectivity index (χ2n) is 2.52. The number of thiophene rings is 1. The van der Waals surface area contributed by atoms with Crippen LogP contribution in [0.5, 0.6) is 0 Å². The number of hydrogen-bond acceptors (Lipinski definition) is 6. The molecule has 7 nitrogen and oxygen atoms in total. The van der Waals surface area contributed by atoms with Gasteiger partial charge in [-0.2, -0.15) is 5.10 Å². The third-order valence-electron chi connectivity index (χ3n) is 1.42. The Bertz CT molecular complexity index is 415. The van der Waals surface area contributed by atoms with Crippen molar-refractivity contribution in [3.8, 4) is 0 Å². The largest absolute Gasteiger partial charge is 0.449 e. The summed E-state index contributed by atoms with van der Waals surface area (Å²) in [5.41, 5.74) is 2.12. The average Bonchev–Trinajstić information content (AvgIpc) is 2.67. The first-order valence-corrected chi connectivity index (χ1v) is 5.15. The van der Waals surface area contributed by atoms with Crippen molar-refractivity contribution in [3.63, 3.8) is 0 Å². The molecule has 0 aliphatic rings. The van der Waals surface area contributed by atoms with Crippen LogP contribution >= 0.6 is 11.3 Å². The van der Waals surface area contributed by atoms with Crippen molar-refractivity contribution in [1.29, 1.82) is 0 Å². The fourth-order valence-corrected chi connectivity index (χ4v) is 1.52. The zero-order valence-corrected chi connectivity index (χ0v) is 9.19. The Kier molecular flexibility index (Phi) is 4.40. The van der Waals surface area contributed by atoms with Crippen molar-refractivity contribution in [2.24, 2.45) is 5.10 Å². The van der Waals surface area contributed by atoms with E-state index in [1.165, 1.54) is 12.3 Å². The molecule has 86 valence electrons. The molecule has 0 fully saturated rings. The minimum absolute atomic E-state index is 0.0255. The summed E-state index contributed by atoms with van der Waals surface area (Å²) in [7, 11) is 0. The first-order chi connectivity index (χ1) is 7.63. The third kappa shape index (κ3) is 3.65. The fraction of sp³-hybridized carbons (Fsp3) is 0.250. The Morgan fingerprint density at radius 3 is 3.06 bits per heavy atom. The standard InChI is InChI=1S/C8H9N3O4S/c1-2-15-8(12)10-9-5-6-3-4-7(16-6)11(13)14/h3-5H,2H2,1H3,(H,10,12). The van der Waals surface area contributed by atoms with Crippen LogP contribution in [-0.4, -0.2) is 23.8 Å². The van der Waals surface area contributed by atoms with Crippen molar-refractivity contribution in [1.82, 2.24) is 5.43 Å². The molecule has 0 atom stereocenters. The Morgan fingerprint density at radius 2 is 2.50 bits per heavy atom. The Balaban J connectivity index is 2.50. The number of carbonyl (C=O) groups is 1. The highest BCUT2D eigenvalue weighted by Gasteiger charge is 2.07. The summed E-state index contributed by atoms with van der Waals surface area (Å²) in [5.74, 6) is 0. The lowest BCUT2D eigenvalue weighted by atomic mass is 10.5. The van der Waals surface area contributed by atoms with E-state index in [2.05, 4.69) is 15.3 Å². The second kappa shape index (κ2) is 5.81. The monoisotopic (exact) mass is 243 g/mol. The SMILES string of the molecule is CCOC(=O)NN=Cc1ccc([N+](=O)[O-])s1. The molecule has 1 rings (SSSR count). The summed E-state index contributed by atoms with van der Waals surface area (Å²) in [6.45, 7) is 1.93. The Labute approximate surface area is 94.9 Å². The number of nitrogens with one attached hydrogen (secondary N) is 1. The second-order valence-corrected chi connectivity index (χ2v) is 3.62. The molecule has 1 amide bonds. The van der Waals surface area contributed by atoms with Crippen molar-refractivity contribution in [2.45, 2.75) is 6.92 Å². The number of hydrazone groups is 1. The summed E-state index contributed by atoms with van der Waals surface area (Å²) >= 11 is 0.966. The van der Waals surface area contributed by atoms with Crippen LogP contribution in [0.25, 0.3) is 0 Å². The lowest BCUT2D eigenvalue weighted by Gasteiger charge is -1.97. The average molecular weight is 243 g/mol. The van der Waals surface area contributed by atoms with Gasteiger partial charge in [0.2, 0.25) is 0 Å². The Morgan fingerprint density at radius 1 is 1.75 bits per heavy atom. The normalized spacial score (nSPS) is 10.3. The quantitative estimate of drug-likeness (QED) is 0.495. The first kappa shape index (κ1) is 12.1. The summed E-state index contributed by atoms with van der Waals surface area (Å²) < 4.78 is 4.55. The van der Waals surface area contributed by atoms with Gasteiger partial charge in [-0.1, -0.05) is 11.3 Å². The first-order valence-electron chi connectivity index (χ1n) is 4.33. The van der Waals surface area contributed by atoms with Gasteiger partial charge in [-0.05, 0) is 13.0 Å². The van der Waals surface area contributed by atoms with Crippen LogP contribution in [0.2, 0.25) is 0 Å². The van der Waals surface area contributed by atoms with Gasteiger partial charge in [0.05, 0.1) is 22.6 Å². The van der Waals surface area contributed by atoms with Gasteiger partial charge in [-0.15, -0.1) is 0 Å². The maximum atomic E-state index is 10.8. The minimum Gasteiger partial charge on any atom is -0.449 e. The zero-order chi connectivity index (χ0) is 12.0. The lowest BCUT2D eigenvalue weighted by Crippen LogP contribution is -2.18. The van der Waals surface area contributed by atoms with Gasteiger partial charge in [0.1, 0.15) is 0 Å². The summed E-state index contributed by atoms with van der Waals surface area (Å²) in [4.78, 5) is 21.2. The van der Waals surface area contributed by atoms with E-state index in [0.717, 1.165) is 11.3 Å². The van der Waals surface area contributed by atoms with E-state index in [0.29, 0.717) is 4.88 Å². The molecule has 1 aromatic rings. The van der Waals surface area contributed by atoms with E-state index in [9.17, 15) is 14.9 Å². The van der Waals surface area contributed by atoms with E-state index in [-0.39, 0.29) is 11.6 Å². The number of hydrogen-bond donors (Lipinski definition) is 1. The molecule has 0 radical (unpaired) electrons. The smallest absolute Gasteiger partial charge is 0.427 e. The number of nitrogens with zero attached hydrogens (tertiary/aromatic N) is 2. The molecule has 1 N–H and O–H groups in total. The van der Waals surface area contributed by atoms with Crippen LogP contribution in [-0.2, 0) is 4.74 Å². The zero-order valence-electron chi connectivity index (χ0n) is 8.37. The third-order valence-corrected chi connectivity index (χ3v) is 2.39. The number of nitro groups is 1. The van der Waals surface area contributed by atoms with Crippen molar-refractivity contribution >= 4 is 28.6 Å². The van der Waals surface area contributed by atoms with E-state index < -0.39 is 11.0 Å². The molecule has 16 heavy (non-hydrogen) atoms. The lowest BCUT2D eigenvalue weighted by molar-refractivity contribution is -0.380. The van der Waals surface area contributed by atoms with Gasteiger partial charge in [-0.25, -0.2) is 10.2 Å². The molecule has 0 saturated carbocycles.